The number of carbonyl (C=O) groups is 1. The molecule has 0 aliphatic carbocycles. The van der Waals surface area contributed by atoms with Crippen LogP contribution in [-0.4, -0.2) is 50.1 Å². The van der Waals surface area contributed by atoms with Gasteiger partial charge in [-0.1, -0.05) is 26.0 Å². The van der Waals surface area contributed by atoms with Crippen LogP contribution >= 0.6 is 0 Å². The number of nitrogens with zero attached hydrogens (tertiary/aromatic N) is 4. The first kappa shape index (κ1) is 16.2. The maximum atomic E-state index is 12.6. The van der Waals surface area contributed by atoms with E-state index in [1.807, 2.05) is 32.0 Å². The Balaban J connectivity index is 0.000000847. The Morgan fingerprint density at radius 1 is 1.23 bits per heavy atom. The molecule has 1 atom stereocenters. The summed E-state index contributed by atoms with van der Waals surface area (Å²) in [6.07, 6.45) is 4.31. The molecular weight excluding hydrogens is 280 g/mol. The zero-order valence-corrected chi connectivity index (χ0v) is 13.0. The number of para-hydroxylation sites is 1. The van der Waals surface area contributed by atoms with Crippen molar-refractivity contribution in [3.63, 3.8) is 0 Å². The van der Waals surface area contributed by atoms with Gasteiger partial charge in [0.1, 0.15) is 0 Å². The van der Waals surface area contributed by atoms with Crippen LogP contribution in [0.4, 0.5) is 0 Å². The Bertz CT molecular complexity index is 598. The van der Waals surface area contributed by atoms with E-state index in [1.165, 1.54) is 4.80 Å². The van der Waals surface area contributed by atoms with Crippen LogP contribution in [-0.2, 0) is 0 Å². The van der Waals surface area contributed by atoms with E-state index in [1.54, 1.807) is 23.4 Å². The van der Waals surface area contributed by atoms with Crippen molar-refractivity contribution in [1.29, 1.82) is 0 Å². The number of aromatic nitrogens is 3. The fourth-order valence-corrected chi connectivity index (χ4v) is 2.48. The molecule has 6 nitrogen and oxygen atoms in total. The molecule has 1 amide bonds. The lowest BCUT2D eigenvalue weighted by Gasteiger charge is -2.30. The van der Waals surface area contributed by atoms with Crippen LogP contribution in [0.2, 0.25) is 0 Å². The topological polar surface area (TPSA) is 71.2 Å². The van der Waals surface area contributed by atoms with Crippen LogP contribution in [0, 0.1) is 0 Å². The first-order chi connectivity index (χ1) is 10.8. The molecule has 22 heavy (non-hydrogen) atoms. The zero-order chi connectivity index (χ0) is 15.9. The van der Waals surface area contributed by atoms with Gasteiger partial charge in [-0.15, -0.1) is 0 Å². The van der Waals surface area contributed by atoms with Crippen molar-refractivity contribution in [3.8, 4) is 5.69 Å². The second-order valence-electron chi connectivity index (χ2n) is 4.88. The summed E-state index contributed by atoms with van der Waals surface area (Å²) in [5.41, 5.74) is 1.21. The van der Waals surface area contributed by atoms with E-state index in [4.69, 9.17) is 0 Å². The fraction of sp³-hybridized carbons (Fsp3) is 0.438. The van der Waals surface area contributed by atoms with Gasteiger partial charge in [-0.3, -0.25) is 4.79 Å². The first-order valence-corrected chi connectivity index (χ1v) is 7.69. The molecule has 2 aromatic rings. The van der Waals surface area contributed by atoms with E-state index in [-0.39, 0.29) is 5.91 Å². The average molecular weight is 302 g/mol. The maximum absolute atomic E-state index is 12.6. The standard InChI is InChI=1S/C14H16N4O2.C2H6/c19-11-4-3-9-17(10-11)14(20)12-5-1-2-6-13(12)18-15-7-8-16-18;1-2/h1-2,5-8,11,19H,3-4,9-10H2;1-2H3. The van der Waals surface area contributed by atoms with Crippen LogP contribution in [0.1, 0.15) is 37.0 Å². The second kappa shape index (κ2) is 7.70. The number of likely N-dealkylation sites (tertiary alicyclic amines) is 1. The van der Waals surface area contributed by atoms with Crippen LogP contribution < -0.4 is 0 Å². The van der Waals surface area contributed by atoms with E-state index in [2.05, 4.69) is 10.2 Å². The Labute approximate surface area is 130 Å². The van der Waals surface area contributed by atoms with Gasteiger partial charge in [0.15, 0.2) is 0 Å². The molecular formula is C16H22N4O2. The monoisotopic (exact) mass is 302 g/mol. The van der Waals surface area contributed by atoms with Crippen molar-refractivity contribution in [1.82, 2.24) is 19.9 Å². The third kappa shape index (κ3) is 3.51. The normalized spacial score (nSPS) is 17.6. The van der Waals surface area contributed by atoms with Gasteiger partial charge in [-0.05, 0) is 25.0 Å². The van der Waals surface area contributed by atoms with Crippen LogP contribution in [0.3, 0.4) is 0 Å². The van der Waals surface area contributed by atoms with Gasteiger partial charge in [0, 0.05) is 13.1 Å². The third-order valence-electron chi connectivity index (χ3n) is 3.45. The highest BCUT2D eigenvalue weighted by molar-refractivity contribution is 5.97. The molecule has 2 heterocycles. The molecule has 1 saturated heterocycles. The Hall–Kier alpha value is -2.21. The summed E-state index contributed by atoms with van der Waals surface area (Å²) in [6.45, 7) is 5.07. The van der Waals surface area contributed by atoms with E-state index in [0.29, 0.717) is 24.3 Å². The predicted octanol–water partition coefficient (Wildman–Crippen LogP) is 1.89. The molecule has 118 valence electrons. The van der Waals surface area contributed by atoms with Crippen molar-refractivity contribution >= 4 is 5.91 Å². The summed E-state index contributed by atoms with van der Waals surface area (Å²) < 4.78 is 0. The Kier molecular flexibility index (Phi) is 5.66. The van der Waals surface area contributed by atoms with Gasteiger partial charge in [0.05, 0.1) is 29.7 Å². The summed E-state index contributed by atoms with van der Waals surface area (Å²) in [7, 11) is 0. The molecule has 3 rings (SSSR count). The van der Waals surface area contributed by atoms with Gasteiger partial charge in [-0.2, -0.15) is 15.0 Å². The van der Waals surface area contributed by atoms with Crippen molar-refractivity contribution in [2.24, 2.45) is 0 Å². The Morgan fingerprint density at radius 2 is 1.91 bits per heavy atom. The molecule has 1 aliphatic rings. The van der Waals surface area contributed by atoms with Crippen LogP contribution in [0.15, 0.2) is 36.7 Å². The number of β-amino-alcohol motifs (C(OH)–C–C–N with tert-alkyl or cyclic N) is 1. The number of hydrogen-bond acceptors (Lipinski definition) is 4. The zero-order valence-electron chi connectivity index (χ0n) is 13.0. The van der Waals surface area contributed by atoms with Crippen molar-refractivity contribution in [2.45, 2.75) is 32.8 Å². The van der Waals surface area contributed by atoms with Crippen molar-refractivity contribution < 1.29 is 9.90 Å². The number of aliphatic hydroxyl groups is 1. The van der Waals surface area contributed by atoms with Gasteiger partial charge in [0.25, 0.3) is 5.91 Å². The summed E-state index contributed by atoms with van der Waals surface area (Å²) in [5, 5.41) is 17.9. The van der Waals surface area contributed by atoms with E-state index in [9.17, 15) is 9.90 Å². The Morgan fingerprint density at radius 3 is 2.59 bits per heavy atom. The largest absolute Gasteiger partial charge is 0.391 e. The van der Waals surface area contributed by atoms with Gasteiger partial charge >= 0.3 is 0 Å². The molecule has 1 fully saturated rings. The molecule has 0 spiro atoms. The van der Waals surface area contributed by atoms with Crippen molar-refractivity contribution in [2.75, 3.05) is 13.1 Å². The molecule has 1 N–H and O–H groups in total. The molecule has 1 aromatic heterocycles. The number of amides is 1. The number of rotatable bonds is 2. The highest BCUT2D eigenvalue weighted by atomic mass is 16.3. The lowest BCUT2D eigenvalue weighted by atomic mass is 10.1. The molecule has 0 saturated carbocycles. The summed E-state index contributed by atoms with van der Waals surface area (Å²) in [6, 6.07) is 7.25. The summed E-state index contributed by atoms with van der Waals surface area (Å²) in [5.74, 6) is -0.0864. The lowest BCUT2D eigenvalue weighted by molar-refractivity contribution is 0.0473. The van der Waals surface area contributed by atoms with E-state index < -0.39 is 6.10 Å². The second-order valence-corrected chi connectivity index (χ2v) is 4.88. The predicted molar refractivity (Wildman–Crippen MR) is 83.9 cm³/mol. The molecule has 0 bridgehead atoms. The quantitative estimate of drug-likeness (QED) is 0.919. The van der Waals surface area contributed by atoms with Crippen LogP contribution in [0.5, 0.6) is 0 Å². The number of benzene rings is 1. The van der Waals surface area contributed by atoms with E-state index in [0.717, 1.165) is 12.8 Å². The highest BCUT2D eigenvalue weighted by Crippen LogP contribution is 2.18. The van der Waals surface area contributed by atoms with Crippen molar-refractivity contribution in [3.05, 3.63) is 42.2 Å². The minimum absolute atomic E-state index is 0.0864. The molecule has 1 aliphatic heterocycles. The lowest BCUT2D eigenvalue weighted by Crippen LogP contribution is -2.42. The molecule has 1 aromatic carbocycles. The average Bonchev–Trinajstić information content (AvgIpc) is 3.10. The smallest absolute Gasteiger partial charge is 0.256 e. The summed E-state index contributed by atoms with van der Waals surface area (Å²) >= 11 is 0. The molecule has 0 radical (unpaired) electrons. The number of hydrogen-bond donors (Lipinski definition) is 1. The number of piperidine rings is 1. The molecule has 1 unspecified atom stereocenters. The third-order valence-corrected chi connectivity index (χ3v) is 3.45. The fourth-order valence-electron chi connectivity index (χ4n) is 2.48. The van der Waals surface area contributed by atoms with Gasteiger partial charge in [0.2, 0.25) is 0 Å². The van der Waals surface area contributed by atoms with Gasteiger partial charge in [-0.25, -0.2) is 0 Å². The van der Waals surface area contributed by atoms with Gasteiger partial charge < -0.3 is 10.0 Å². The summed E-state index contributed by atoms with van der Waals surface area (Å²) in [4.78, 5) is 15.7. The minimum Gasteiger partial charge on any atom is -0.391 e. The number of carbonyl (C=O) groups excluding carboxylic acids is 1. The maximum Gasteiger partial charge on any atom is 0.256 e. The highest BCUT2D eigenvalue weighted by Gasteiger charge is 2.25. The SMILES string of the molecule is CC.O=C(c1ccccc1-n1nccn1)N1CCCC(O)C1. The van der Waals surface area contributed by atoms with Crippen LogP contribution in [0.25, 0.3) is 5.69 Å². The minimum atomic E-state index is -0.428. The molecule has 6 heteroatoms. The number of aliphatic hydroxyl groups excluding tert-OH is 1. The first-order valence-electron chi connectivity index (χ1n) is 7.69. The van der Waals surface area contributed by atoms with E-state index >= 15 is 0 Å².